The number of methoxy groups -OCH3 is 1. The molecule has 0 aliphatic heterocycles. The number of carbonyl (C=O) groups excluding carboxylic acids is 1. The number of esters is 1. The molecule has 0 saturated carbocycles. The summed E-state index contributed by atoms with van der Waals surface area (Å²) in [6.45, 7) is 0.128. The highest BCUT2D eigenvalue weighted by molar-refractivity contribution is 9.10. The summed E-state index contributed by atoms with van der Waals surface area (Å²) in [5.74, 6) is -0.0642. The van der Waals surface area contributed by atoms with Crippen LogP contribution < -0.4 is 10.5 Å². The lowest BCUT2D eigenvalue weighted by Crippen LogP contribution is -2.08. The van der Waals surface area contributed by atoms with Crippen molar-refractivity contribution in [2.75, 3.05) is 12.8 Å². The number of rotatable bonds is 4. The largest absolute Gasteiger partial charge is 0.496 e. The van der Waals surface area contributed by atoms with Crippen LogP contribution in [-0.2, 0) is 11.3 Å². The summed E-state index contributed by atoms with van der Waals surface area (Å²) in [5, 5.41) is 0. The average molecular weight is 337 g/mol. The molecule has 6 heteroatoms. The Morgan fingerprint density at radius 3 is 2.85 bits per heavy atom. The van der Waals surface area contributed by atoms with E-state index in [1.807, 2.05) is 6.07 Å². The summed E-state index contributed by atoms with van der Waals surface area (Å²) in [5.41, 5.74) is 7.23. The number of carbonyl (C=O) groups is 1. The van der Waals surface area contributed by atoms with E-state index in [0.29, 0.717) is 17.0 Å². The maximum absolute atomic E-state index is 12.0. The van der Waals surface area contributed by atoms with Crippen LogP contribution in [-0.4, -0.2) is 18.1 Å². The third-order valence-electron chi connectivity index (χ3n) is 2.57. The standard InChI is InChI=1S/C14H13BrN2O3/c1-19-13-3-2-11(16)5-12(13)14(18)20-8-9-4-10(15)7-17-6-9/h2-7H,8,16H2,1H3. The smallest absolute Gasteiger partial charge is 0.342 e. The van der Waals surface area contributed by atoms with Crippen LogP contribution in [0.25, 0.3) is 0 Å². The fraction of sp³-hybridized carbons (Fsp3) is 0.143. The summed E-state index contributed by atoms with van der Waals surface area (Å²) in [4.78, 5) is 16.0. The van der Waals surface area contributed by atoms with Crippen molar-refractivity contribution in [2.24, 2.45) is 0 Å². The molecule has 0 saturated heterocycles. The van der Waals surface area contributed by atoms with Crippen LogP contribution in [0, 0.1) is 0 Å². The highest BCUT2D eigenvalue weighted by Crippen LogP contribution is 2.22. The Morgan fingerprint density at radius 2 is 2.15 bits per heavy atom. The molecule has 1 aromatic carbocycles. The zero-order valence-electron chi connectivity index (χ0n) is 10.8. The second kappa shape index (κ2) is 6.38. The summed E-state index contributed by atoms with van der Waals surface area (Å²) in [7, 11) is 1.49. The molecule has 0 unspecified atom stereocenters. The van der Waals surface area contributed by atoms with E-state index in [1.165, 1.54) is 13.2 Å². The van der Waals surface area contributed by atoms with Gasteiger partial charge in [0.05, 0.1) is 7.11 Å². The minimum Gasteiger partial charge on any atom is -0.496 e. The van der Waals surface area contributed by atoms with Gasteiger partial charge in [0.25, 0.3) is 0 Å². The Morgan fingerprint density at radius 1 is 1.35 bits per heavy atom. The molecular weight excluding hydrogens is 324 g/mol. The molecule has 104 valence electrons. The molecule has 2 N–H and O–H groups in total. The van der Waals surface area contributed by atoms with Crippen molar-refractivity contribution in [3.05, 3.63) is 52.3 Å². The normalized spacial score (nSPS) is 10.1. The summed E-state index contributed by atoms with van der Waals surface area (Å²) in [6, 6.07) is 6.65. The topological polar surface area (TPSA) is 74.4 Å². The number of nitrogen functional groups attached to an aromatic ring is 1. The van der Waals surface area contributed by atoms with Crippen LogP contribution >= 0.6 is 15.9 Å². The number of nitrogens with two attached hydrogens (primary N) is 1. The van der Waals surface area contributed by atoms with E-state index < -0.39 is 5.97 Å². The molecule has 0 bridgehead atoms. The first-order chi connectivity index (χ1) is 9.60. The first-order valence-electron chi connectivity index (χ1n) is 5.80. The second-order valence-corrected chi connectivity index (χ2v) is 4.96. The summed E-state index contributed by atoms with van der Waals surface area (Å²) in [6.07, 6.45) is 3.29. The molecule has 1 heterocycles. The molecule has 5 nitrogen and oxygen atoms in total. The monoisotopic (exact) mass is 336 g/mol. The van der Waals surface area contributed by atoms with Gasteiger partial charge in [-0.1, -0.05) is 0 Å². The molecular formula is C14H13BrN2O3. The number of ether oxygens (including phenoxy) is 2. The second-order valence-electron chi connectivity index (χ2n) is 4.05. The average Bonchev–Trinajstić information content (AvgIpc) is 2.45. The molecule has 2 rings (SSSR count). The van der Waals surface area contributed by atoms with Gasteiger partial charge in [-0.15, -0.1) is 0 Å². The molecule has 0 spiro atoms. The van der Waals surface area contributed by atoms with Gasteiger partial charge in [0.15, 0.2) is 0 Å². The van der Waals surface area contributed by atoms with Gasteiger partial charge in [-0.3, -0.25) is 4.98 Å². The molecule has 0 radical (unpaired) electrons. The number of hydrogen-bond donors (Lipinski definition) is 1. The van der Waals surface area contributed by atoms with Gasteiger partial charge in [0.2, 0.25) is 0 Å². The predicted octanol–water partition coefficient (Wildman–Crippen LogP) is 2.79. The van der Waals surface area contributed by atoms with Crippen LogP contribution in [0.15, 0.2) is 41.1 Å². The maximum atomic E-state index is 12.0. The zero-order valence-corrected chi connectivity index (χ0v) is 12.4. The Kier molecular flexibility index (Phi) is 4.57. The van der Waals surface area contributed by atoms with Gasteiger partial charge in [0, 0.05) is 28.1 Å². The minimum atomic E-state index is -0.492. The molecule has 1 aromatic heterocycles. The van der Waals surface area contributed by atoms with Crippen molar-refractivity contribution in [2.45, 2.75) is 6.61 Å². The number of benzene rings is 1. The van der Waals surface area contributed by atoms with E-state index in [-0.39, 0.29) is 6.61 Å². The van der Waals surface area contributed by atoms with Crippen molar-refractivity contribution in [3.8, 4) is 5.75 Å². The van der Waals surface area contributed by atoms with Gasteiger partial charge < -0.3 is 15.2 Å². The number of halogens is 1. The molecule has 0 aliphatic carbocycles. The van der Waals surface area contributed by atoms with Crippen LogP contribution in [0.1, 0.15) is 15.9 Å². The number of aromatic nitrogens is 1. The van der Waals surface area contributed by atoms with Crippen LogP contribution in [0.3, 0.4) is 0 Å². The first kappa shape index (κ1) is 14.3. The van der Waals surface area contributed by atoms with Gasteiger partial charge in [-0.25, -0.2) is 4.79 Å². The molecule has 0 aliphatic rings. The zero-order chi connectivity index (χ0) is 14.5. The Balaban J connectivity index is 2.10. The Bertz CT molecular complexity index is 632. The maximum Gasteiger partial charge on any atom is 0.342 e. The highest BCUT2D eigenvalue weighted by atomic mass is 79.9. The lowest BCUT2D eigenvalue weighted by molar-refractivity contribution is 0.0468. The van der Waals surface area contributed by atoms with Crippen molar-refractivity contribution in [1.82, 2.24) is 4.98 Å². The number of anilines is 1. The Labute approximate surface area is 124 Å². The van der Waals surface area contributed by atoms with Crippen LogP contribution in [0.5, 0.6) is 5.75 Å². The van der Waals surface area contributed by atoms with Crippen molar-refractivity contribution < 1.29 is 14.3 Å². The lowest BCUT2D eigenvalue weighted by Gasteiger charge is -2.09. The van der Waals surface area contributed by atoms with Crippen LogP contribution in [0.2, 0.25) is 0 Å². The van der Waals surface area contributed by atoms with Gasteiger partial charge in [0.1, 0.15) is 17.9 Å². The van der Waals surface area contributed by atoms with Gasteiger partial charge in [-0.2, -0.15) is 0 Å². The van der Waals surface area contributed by atoms with Crippen molar-refractivity contribution in [1.29, 1.82) is 0 Å². The van der Waals surface area contributed by atoms with E-state index >= 15 is 0 Å². The third-order valence-corrected chi connectivity index (χ3v) is 3.01. The Hall–Kier alpha value is -2.08. The fourth-order valence-corrected chi connectivity index (χ4v) is 2.06. The number of pyridine rings is 1. The molecule has 0 amide bonds. The highest BCUT2D eigenvalue weighted by Gasteiger charge is 2.14. The molecule has 2 aromatic rings. The quantitative estimate of drug-likeness (QED) is 0.686. The molecule has 20 heavy (non-hydrogen) atoms. The summed E-state index contributed by atoms with van der Waals surface area (Å²) < 4.78 is 11.2. The SMILES string of the molecule is COc1ccc(N)cc1C(=O)OCc1cncc(Br)c1. The van der Waals surface area contributed by atoms with E-state index in [9.17, 15) is 4.79 Å². The van der Waals surface area contributed by atoms with E-state index in [2.05, 4.69) is 20.9 Å². The van der Waals surface area contributed by atoms with E-state index in [0.717, 1.165) is 10.0 Å². The number of hydrogen-bond acceptors (Lipinski definition) is 5. The minimum absolute atomic E-state index is 0.128. The molecule has 0 fully saturated rings. The van der Waals surface area contributed by atoms with Crippen molar-refractivity contribution in [3.63, 3.8) is 0 Å². The summed E-state index contributed by atoms with van der Waals surface area (Å²) >= 11 is 3.31. The predicted molar refractivity (Wildman–Crippen MR) is 78.5 cm³/mol. The van der Waals surface area contributed by atoms with Gasteiger partial charge >= 0.3 is 5.97 Å². The van der Waals surface area contributed by atoms with E-state index in [1.54, 1.807) is 24.5 Å². The van der Waals surface area contributed by atoms with Crippen molar-refractivity contribution >= 4 is 27.6 Å². The van der Waals surface area contributed by atoms with Crippen LogP contribution in [0.4, 0.5) is 5.69 Å². The van der Waals surface area contributed by atoms with E-state index in [4.69, 9.17) is 15.2 Å². The third kappa shape index (κ3) is 3.48. The van der Waals surface area contributed by atoms with Gasteiger partial charge in [-0.05, 0) is 40.2 Å². The molecule has 0 atom stereocenters. The fourth-order valence-electron chi connectivity index (χ4n) is 1.65. The number of nitrogens with zero attached hydrogens (tertiary/aromatic N) is 1. The first-order valence-corrected chi connectivity index (χ1v) is 6.59. The lowest BCUT2D eigenvalue weighted by atomic mass is 10.2.